The molecule has 1 aliphatic heterocycles. The Labute approximate surface area is 201 Å². The molecule has 2 saturated carbocycles. The number of carbonyl (C=O) groups is 2. The third kappa shape index (κ3) is 7.01. The lowest BCUT2D eigenvalue weighted by atomic mass is 9.92. The monoisotopic (exact) mass is 494 g/mol. The standard InChI is InChI=1S/C25H35FN2O5S/c26-21-11-10-20(16-22(21)33-17-18-7-8-18)25(13-14-25)28-34(31,32)15-5-3-1-2-4-6-19-9-12-23(29)27-24(19)30/h10-11,16,18-19,28H,1-9,12-15,17H2,(H,27,29,30). The van der Waals surface area contributed by atoms with Crippen LogP contribution in [0.1, 0.15) is 82.6 Å². The summed E-state index contributed by atoms with van der Waals surface area (Å²) in [7, 11) is -3.46. The first kappa shape index (κ1) is 25.1. The number of rotatable bonds is 14. The molecule has 7 nitrogen and oxygen atoms in total. The number of piperidine rings is 1. The molecule has 0 radical (unpaired) electrons. The largest absolute Gasteiger partial charge is 0.490 e. The van der Waals surface area contributed by atoms with Crippen LogP contribution in [0.3, 0.4) is 0 Å². The molecule has 0 aromatic heterocycles. The van der Waals surface area contributed by atoms with Crippen LogP contribution in [0.15, 0.2) is 18.2 Å². The van der Waals surface area contributed by atoms with E-state index in [2.05, 4.69) is 10.0 Å². The van der Waals surface area contributed by atoms with E-state index in [1.165, 1.54) is 6.07 Å². The number of hydrogen-bond donors (Lipinski definition) is 2. The number of nitrogens with one attached hydrogen (secondary N) is 2. The zero-order valence-electron chi connectivity index (χ0n) is 19.6. The first-order valence-corrected chi connectivity index (χ1v) is 14.2. The smallest absolute Gasteiger partial charge is 0.229 e. The highest BCUT2D eigenvalue weighted by Crippen LogP contribution is 2.47. The fraction of sp³-hybridized carbons (Fsp3) is 0.680. The van der Waals surface area contributed by atoms with Gasteiger partial charge in [0.1, 0.15) is 0 Å². The summed E-state index contributed by atoms with van der Waals surface area (Å²) in [6.45, 7) is 0.507. The van der Waals surface area contributed by atoms with Crippen molar-refractivity contribution in [1.82, 2.24) is 10.0 Å². The second-order valence-electron chi connectivity index (χ2n) is 10.1. The molecule has 2 aliphatic carbocycles. The lowest BCUT2D eigenvalue weighted by Crippen LogP contribution is -2.40. The Hall–Kier alpha value is -2.00. The lowest BCUT2D eigenvalue weighted by molar-refractivity contribution is -0.136. The molecular formula is C25H35FN2O5S. The van der Waals surface area contributed by atoms with Crippen molar-refractivity contribution in [3.63, 3.8) is 0 Å². The maximum atomic E-state index is 14.1. The number of sulfonamides is 1. The Morgan fingerprint density at radius 3 is 2.50 bits per heavy atom. The van der Waals surface area contributed by atoms with Crippen molar-refractivity contribution in [3.8, 4) is 5.75 Å². The van der Waals surface area contributed by atoms with Gasteiger partial charge < -0.3 is 4.74 Å². The fourth-order valence-corrected chi connectivity index (χ4v) is 6.16. The van der Waals surface area contributed by atoms with Gasteiger partial charge in [-0.25, -0.2) is 17.5 Å². The van der Waals surface area contributed by atoms with Gasteiger partial charge in [-0.3, -0.25) is 14.9 Å². The van der Waals surface area contributed by atoms with Gasteiger partial charge in [-0.2, -0.15) is 0 Å². The van der Waals surface area contributed by atoms with E-state index in [9.17, 15) is 22.4 Å². The molecule has 0 bridgehead atoms. The average Bonchev–Trinajstić information content (AvgIpc) is 3.70. The number of imide groups is 1. The molecular weight excluding hydrogens is 459 g/mol. The zero-order valence-corrected chi connectivity index (χ0v) is 20.4. The minimum atomic E-state index is -3.46. The number of unbranched alkanes of at least 4 members (excludes halogenated alkanes) is 4. The van der Waals surface area contributed by atoms with Crippen molar-refractivity contribution in [1.29, 1.82) is 0 Å². The molecule has 1 unspecified atom stereocenters. The molecule has 9 heteroatoms. The Morgan fingerprint density at radius 2 is 1.79 bits per heavy atom. The van der Waals surface area contributed by atoms with Gasteiger partial charge in [-0.15, -0.1) is 0 Å². The molecule has 188 valence electrons. The number of ether oxygens (including phenoxy) is 1. The second-order valence-corrected chi connectivity index (χ2v) is 11.9. The van der Waals surface area contributed by atoms with Gasteiger partial charge in [0.05, 0.1) is 17.9 Å². The molecule has 1 atom stereocenters. The maximum Gasteiger partial charge on any atom is 0.229 e. The number of halogens is 1. The van der Waals surface area contributed by atoms with Crippen LogP contribution in [0.2, 0.25) is 0 Å². The summed E-state index contributed by atoms with van der Waals surface area (Å²) in [6, 6.07) is 4.66. The Morgan fingerprint density at radius 1 is 1.06 bits per heavy atom. The van der Waals surface area contributed by atoms with Crippen LogP contribution in [-0.2, 0) is 25.2 Å². The quantitative estimate of drug-likeness (QED) is 0.302. The van der Waals surface area contributed by atoms with E-state index in [0.29, 0.717) is 44.6 Å². The number of hydrogen-bond acceptors (Lipinski definition) is 5. The van der Waals surface area contributed by atoms with Crippen LogP contribution in [0.25, 0.3) is 0 Å². The normalized spacial score (nSPS) is 21.9. The molecule has 1 heterocycles. The highest BCUT2D eigenvalue weighted by Gasteiger charge is 2.47. The summed E-state index contributed by atoms with van der Waals surface area (Å²) >= 11 is 0. The van der Waals surface area contributed by atoms with E-state index < -0.39 is 21.4 Å². The van der Waals surface area contributed by atoms with E-state index in [-0.39, 0.29) is 29.2 Å². The molecule has 0 spiro atoms. The predicted octanol–water partition coefficient (Wildman–Crippen LogP) is 3.92. The highest BCUT2D eigenvalue weighted by molar-refractivity contribution is 7.89. The van der Waals surface area contributed by atoms with Gasteiger partial charge in [-0.1, -0.05) is 31.7 Å². The minimum Gasteiger partial charge on any atom is -0.490 e. The molecule has 2 N–H and O–H groups in total. The SMILES string of the molecule is O=C1CCC(CCCCCCCS(=O)(=O)NC2(c3ccc(F)c(OCC4CC4)c3)CC2)C(=O)N1. The van der Waals surface area contributed by atoms with Crippen molar-refractivity contribution in [2.45, 2.75) is 82.6 Å². The molecule has 1 saturated heterocycles. The average molecular weight is 495 g/mol. The summed E-state index contributed by atoms with van der Waals surface area (Å²) in [4.78, 5) is 23.0. The van der Waals surface area contributed by atoms with Crippen molar-refractivity contribution in [2.24, 2.45) is 11.8 Å². The van der Waals surface area contributed by atoms with Crippen LogP contribution in [0.5, 0.6) is 5.75 Å². The van der Waals surface area contributed by atoms with Crippen LogP contribution < -0.4 is 14.8 Å². The first-order valence-electron chi connectivity index (χ1n) is 12.5. The van der Waals surface area contributed by atoms with Crippen LogP contribution in [-0.4, -0.2) is 32.6 Å². The maximum absolute atomic E-state index is 14.1. The molecule has 4 rings (SSSR count). The first-order chi connectivity index (χ1) is 16.3. The van der Waals surface area contributed by atoms with Crippen molar-refractivity contribution < 1.29 is 27.1 Å². The third-order valence-electron chi connectivity index (χ3n) is 7.08. The lowest BCUT2D eigenvalue weighted by Gasteiger charge is -2.20. The van der Waals surface area contributed by atoms with Gasteiger partial charge in [0.15, 0.2) is 11.6 Å². The van der Waals surface area contributed by atoms with E-state index in [1.807, 2.05) is 0 Å². The Bertz CT molecular complexity index is 1000. The predicted molar refractivity (Wildman–Crippen MR) is 126 cm³/mol. The summed E-state index contributed by atoms with van der Waals surface area (Å²) in [5.74, 6) is -0.0745. The van der Waals surface area contributed by atoms with Crippen molar-refractivity contribution >= 4 is 21.8 Å². The Balaban J connectivity index is 1.17. The van der Waals surface area contributed by atoms with Gasteiger partial charge in [0.25, 0.3) is 0 Å². The molecule has 2 amide bonds. The van der Waals surface area contributed by atoms with Crippen LogP contribution in [0.4, 0.5) is 4.39 Å². The summed E-state index contributed by atoms with van der Waals surface area (Å²) in [6.07, 6.45) is 9.55. The zero-order chi connectivity index (χ0) is 24.2. The molecule has 1 aromatic rings. The van der Waals surface area contributed by atoms with Crippen LogP contribution >= 0.6 is 0 Å². The van der Waals surface area contributed by atoms with Gasteiger partial charge in [0.2, 0.25) is 21.8 Å². The van der Waals surface area contributed by atoms with Gasteiger partial charge in [0, 0.05) is 12.3 Å². The minimum absolute atomic E-state index is 0.0636. The van der Waals surface area contributed by atoms with E-state index in [1.54, 1.807) is 12.1 Å². The highest BCUT2D eigenvalue weighted by atomic mass is 32.2. The number of benzene rings is 1. The van der Waals surface area contributed by atoms with Gasteiger partial charge >= 0.3 is 0 Å². The molecule has 1 aromatic carbocycles. The topological polar surface area (TPSA) is 102 Å². The second kappa shape index (κ2) is 10.7. The summed E-state index contributed by atoms with van der Waals surface area (Å²) in [5, 5.41) is 2.38. The number of carbonyl (C=O) groups excluding carboxylic acids is 2. The van der Waals surface area contributed by atoms with Crippen molar-refractivity contribution in [2.75, 3.05) is 12.4 Å². The Kier molecular flexibility index (Phi) is 7.92. The molecule has 3 fully saturated rings. The molecule has 3 aliphatic rings. The van der Waals surface area contributed by atoms with Crippen molar-refractivity contribution in [3.05, 3.63) is 29.6 Å². The van der Waals surface area contributed by atoms with Crippen LogP contribution in [0, 0.1) is 17.7 Å². The number of amides is 2. The van der Waals surface area contributed by atoms with E-state index >= 15 is 0 Å². The summed E-state index contributed by atoms with van der Waals surface area (Å²) in [5.41, 5.74) is 0.114. The summed E-state index contributed by atoms with van der Waals surface area (Å²) < 4.78 is 48.0. The molecule has 34 heavy (non-hydrogen) atoms. The van der Waals surface area contributed by atoms with E-state index in [0.717, 1.165) is 50.5 Å². The van der Waals surface area contributed by atoms with E-state index in [4.69, 9.17) is 4.74 Å². The fourth-order valence-electron chi connectivity index (χ4n) is 4.55. The third-order valence-corrected chi connectivity index (χ3v) is 8.60. The van der Waals surface area contributed by atoms with Gasteiger partial charge in [-0.05, 0) is 68.6 Å².